The molecule has 0 saturated carbocycles. The highest BCUT2D eigenvalue weighted by molar-refractivity contribution is 5.84. The van der Waals surface area contributed by atoms with Crippen molar-refractivity contribution in [1.82, 2.24) is 0 Å². The van der Waals surface area contributed by atoms with Crippen molar-refractivity contribution in [3.05, 3.63) is 0 Å². The molecule has 4 nitrogen and oxygen atoms in total. The van der Waals surface area contributed by atoms with Crippen molar-refractivity contribution in [2.24, 2.45) is 5.16 Å². The molecule has 2 rings (SSSR count). The van der Waals surface area contributed by atoms with E-state index in [1.54, 1.807) is 0 Å². The molecule has 2 fully saturated rings. The van der Waals surface area contributed by atoms with E-state index in [-0.39, 0.29) is 6.10 Å². The summed E-state index contributed by atoms with van der Waals surface area (Å²) >= 11 is 0. The largest absolute Gasteiger partial charge is 0.390 e. The molecule has 0 spiro atoms. The molecule has 4 heteroatoms. The van der Waals surface area contributed by atoms with Gasteiger partial charge in [0.25, 0.3) is 0 Å². The first-order valence-electron chi connectivity index (χ1n) is 4.82. The van der Waals surface area contributed by atoms with Crippen LogP contribution in [0.2, 0.25) is 0 Å². The number of rotatable bonds is 2. The Hall–Kier alpha value is -0.610. The molecule has 2 saturated heterocycles. The molecule has 2 aliphatic heterocycles. The number of hydrogen-bond donors (Lipinski definition) is 0. The average Bonchev–Trinajstić information content (AvgIpc) is 2.69. The van der Waals surface area contributed by atoms with Gasteiger partial charge in [-0.2, -0.15) is 0 Å². The third kappa shape index (κ3) is 2.67. The van der Waals surface area contributed by atoms with Gasteiger partial charge in [0.15, 0.2) is 6.10 Å². The molecule has 0 aromatic rings. The fourth-order valence-corrected chi connectivity index (χ4v) is 1.44. The van der Waals surface area contributed by atoms with E-state index in [0.717, 1.165) is 44.8 Å². The fourth-order valence-electron chi connectivity index (χ4n) is 1.44. The van der Waals surface area contributed by atoms with Crippen LogP contribution in [-0.2, 0) is 14.3 Å². The molecule has 0 bridgehead atoms. The van der Waals surface area contributed by atoms with Gasteiger partial charge in [0, 0.05) is 19.3 Å². The summed E-state index contributed by atoms with van der Waals surface area (Å²) in [7, 11) is 0. The predicted octanol–water partition coefficient (Wildman–Crippen LogP) is 0.958. The first kappa shape index (κ1) is 8.97. The lowest BCUT2D eigenvalue weighted by Crippen LogP contribution is -2.17. The molecule has 2 aliphatic rings. The summed E-state index contributed by atoms with van der Waals surface area (Å²) in [6.07, 6.45) is 2.96. The van der Waals surface area contributed by atoms with Gasteiger partial charge in [-0.15, -0.1) is 0 Å². The van der Waals surface area contributed by atoms with Gasteiger partial charge in [-0.3, -0.25) is 0 Å². The van der Waals surface area contributed by atoms with E-state index >= 15 is 0 Å². The van der Waals surface area contributed by atoms with Crippen molar-refractivity contribution in [1.29, 1.82) is 0 Å². The zero-order valence-electron chi connectivity index (χ0n) is 7.70. The van der Waals surface area contributed by atoms with Crippen molar-refractivity contribution in [3.63, 3.8) is 0 Å². The highest BCUT2D eigenvalue weighted by Crippen LogP contribution is 2.10. The maximum atomic E-state index is 5.35. The Bertz CT molecular complexity index is 179. The molecular formula is C9H15NO3. The van der Waals surface area contributed by atoms with E-state index in [2.05, 4.69) is 5.16 Å². The molecule has 1 unspecified atom stereocenters. The second-order valence-electron chi connectivity index (χ2n) is 3.36. The molecule has 0 amide bonds. The first-order valence-corrected chi connectivity index (χ1v) is 4.82. The number of ether oxygens (including phenoxy) is 2. The molecule has 0 aliphatic carbocycles. The van der Waals surface area contributed by atoms with Crippen LogP contribution in [0.3, 0.4) is 0 Å². The zero-order valence-corrected chi connectivity index (χ0v) is 7.70. The normalized spacial score (nSPS) is 28.9. The van der Waals surface area contributed by atoms with Gasteiger partial charge in [0.05, 0.1) is 32.1 Å². The van der Waals surface area contributed by atoms with Crippen molar-refractivity contribution in [2.75, 3.05) is 26.4 Å². The lowest BCUT2D eigenvalue weighted by atomic mass is 10.2. The van der Waals surface area contributed by atoms with E-state index < -0.39 is 0 Å². The first-order chi connectivity index (χ1) is 6.45. The van der Waals surface area contributed by atoms with Crippen molar-refractivity contribution < 1.29 is 14.3 Å². The quantitative estimate of drug-likeness (QED) is 0.601. The molecule has 74 valence electrons. The van der Waals surface area contributed by atoms with E-state index in [1.807, 2.05) is 0 Å². The Balaban J connectivity index is 1.74. The Morgan fingerprint density at radius 3 is 2.69 bits per heavy atom. The Morgan fingerprint density at radius 2 is 2.00 bits per heavy atom. The smallest absolute Gasteiger partial charge is 0.152 e. The van der Waals surface area contributed by atoms with Gasteiger partial charge in [-0.1, -0.05) is 5.16 Å². The third-order valence-corrected chi connectivity index (χ3v) is 2.29. The number of nitrogens with zero attached hydrogens (tertiary/aromatic N) is 1. The predicted molar refractivity (Wildman–Crippen MR) is 47.8 cm³/mol. The van der Waals surface area contributed by atoms with Gasteiger partial charge < -0.3 is 14.3 Å². The van der Waals surface area contributed by atoms with Crippen molar-refractivity contribution in [2.45, 2.75) is 25.4 Å². The van der Waals surface area contributed by atoms with Crippen LogP contribution in [0.5, 0.6) is 0 Å². The van der Waals surface area contributed by atoms with Crippen molar-refractivity contribution in [3.8, 4) is 0 Å². The van der Waals surface area contributed by atoms with Crippen molar-refractivity contribution >= 4 is 5.71 Å². The lowest BCUT2D eigenvalue weighted by molar-refractivity contribution is 0.0441. The monoisotopic (exact) mass is 185 g/mol. The summed E-state index contributed by atoms with van der Waals surface area (Å²) < 4.78 is 10.4. The average molecular weight is 185 g/mol. The van der Waals surface area contributed by atoms with Crippen LogP contribution in [0.4, 0.5) is 0 Å². The van der Waals surface area contributed by atoms with E-state index in [0.29, 0.717) is 6.61 Å². The third-order valence-electron chi connectivity index (χ3n) is 2.29. The standard InChI is InChI=1S/C9H15NO3/c1-4-11-5-2-8(1)10-13-9-3-6-12-7-9/h9H,1-7H2. The SMILES string of the molecule is C1CC(=NOC2CCOC2)CCO1. The van der Waals surface area contributed by atoms with Gasteiger partial charge in [0.1, 0.15) is 0 Å². The van der Waals surface area contributed by atoms with Gasteiger partial charge in [-0.25, -0.2) is 0 Å². The molecule has 1 atom stereocenters. The minimum Gasteiger partial charge on any atom is -0.390 e. The lowest BCUT2D eigenvalue weighted by Gasteiger charge is -2.14. The van der Waals surface area contributed by atoms with Crippen LogP contribution in [-0.4, -0.2) is 38.2 Å². The van der Waals surface area contributed by atoms with Crippen LogP contribution in [0.25, 0.3) is 0 Å². The topological polar surface area (TPSA) is 40.0 Å². The van der Waals surface area contributed by atoms with Crippen LogP contribution in [0.15, 0.2) is 5.16 Å². The summed E-state index contributed by atoms with van der Waals surface area (Å²) in [5.74, 6) is 0. The molecule has 0 aromatic carbocycles. The second kappa shape index (κ2) is 4.58. The van der Waals surface area contributed by atoms with E-state index in [9.17, 15) is 0 Å². The van der Waals surface area contributed by atoms with E-state index in [1.165, 1.54) is 0 Å². The van der Waals surface area contributed by atoms with Gasteiger partial charge in [0.2, 0.25) is 0 Å². The maximum Gasteiger partial charge on any atom is 0.152 e. The maximum absolute atomic E-state index is 5.35. The summed E-state index contributed by atoms with van der Waals surface area (Å²) in [4.78, 5) is 5.35. The summed E-state index contributed by atoms with van der Waals surface area (Å²) in [5.41, 5.74) is 1.12. The second-order valence-corrected chi connectivity index (χ2v) is 3.36. The summed E-state index contributed by atoms with van der Waals surface area (Å²) in [6, 6.07) is 0. The molecular weight excluding hydrogens is 170 g/mol. The zero-order chi connectivity index (χ0) is 8.93. The Labute approximate surface area is 77.8 Å². The minimum absolute atomic E-state index is 0.176. The Morgan fingerprint density at radius 1 is 1.15 bits per heavy atom. The Kier molecular flexibility index (Phi) is 3.16. The number of hydrogen-bond acceptors (Lipinski definition) is 4. The van der Waals surface area contributed by atoms with Crippen LogP contribution >= 0.6 is 0 Å². The van der Waals surface area contributed by atoms with Crippen LogP contribution < -0.4 is 0 Å². The van der Waals surface area contributed by atoms with Crippen LogP contribution in [0.1, 0.15) is 19.3 Å². The highest BCUT2D eigenvalue weighted by atomic mass is 16.7. The molecule has 0 aromatic heterocycles. The van der Waals surface area contributed by atoms with Gasteiger partial charge in [-0.05, 0) is 0 Å². The minimum atomic E-state index is 0.176. The highest BCUT2D eigenvalue weighted by Gasteiger charge is 2.17. The number of oxime groups is 1. The molecule has 13 heavy (non-hydrogen) atoms. The molecule has 0 N–H and O–H groups in total. The summed E-state index contributed by atoms with van der Waals surface area (Å²) in [5, 5.41) is 4.12. The summed E-state index contributed by atoms with van der Waals surface area (Å²) in [6.45, 7) is 3.05. The fraction of sp³-hybridized carbons (Fsp3) is 0.889. The van der Waals surface area contributed by atoms with E-state index in [4.69, 9.17) is 14.3 Å². The molecule has 0 radical (unpaired) electrons. The van der Waals surface area contributed by atoms with Crippen LogP contribution in [0, 0.1) is 0 Å². The van der Waals surface area contributed by atoms with Gasteiger partial charge >= 0.3 is 0 Å². The molecule has 2 heterocycles.